The number of ketones is 1. The van der Waals surface area contributed by atoms with E-state index < -0.39 is 18.2 Å². The van der Waals surface area contributed by atoms with Crippen LogP contribution in [0.2, 0.25) is 0 Å². The number of nitrogens with zero attached hydrogens (tertiary/aromatic N) is 3. The minimum Gasteiger partial charge on any atom is -0.378 e. The molecule has 9 nitrogen and oxygen atoms in total. The third kappa shape index (κ3) is 5.19. The predicted molar refractivity (Wildman–Crippen MR) is 131 cm³/mol. The van der Waals surface area contributed by atoms with Gasteiger partial charge < -0.3 is 24.8 Å². The Kier molecular flexibility index (Phi) is 7.44. The average molecular weight is 485 g/mol. The van der Waals surface area contributed by atoms with E-state index in [0.29, 0.717) is 38.0 Å². The fourth-order valence-corrected chi connectivity index (χ4v) is 5.36. The van der Waals surface area contributed by atoms with Gasteiger partial charge in [0.25, 0.3) is 11.8 Å². The molecule has 0 saturated carbocycles. The lowest BCUT2D eigenvalue weighted by molar-refractivity contribution is -0.142. The molecule has 3 aliphatic rings. The molecule has 1 aromatic carbocycles. The molecular formula is C26H36N4O5. The lowest BCUT2D eigenvalue weighted by Crippen LogP contribution is -2.53. The fraction of sp³-hybridized carbons (Fsp3) is 0.615. The van der Waals surface area contributed by atoms with E-state index in [1.165, 1.54) is 0 Å². The Hall–Kier alpha value is -2.94. The first-order valence-corrected chi connectivity index (χ1v) is 12.5. The largest absolute Gasteiger partial charge is 0.378 e. The summed E-state index contributed by atoms with van der Waals surface area (Å²) in [5.41, 5.74) is 1.45. The maximum atomic E-state index is 13.6. The van der Waals surface area contributed by atoms with E-state index in [2.05, 4.69) is 5.32 Å². The van der Waals surface area contributed by atoms with Gasteiger partial charge in [-0.3, -0.25) is 19.2 Å². The van der Waals surface area contributed by atoms with Crippen molar-refractivity contribution in [3.05, 3.63) is 29.8 Å². The van der Waals surface area contributed by atoms with Crippen molar-refractivity contribution < 1.29 is 23.9 Å². The molecule has 9 heteroatoms. The van der Waals surface area contributed by atoms with Crippen molar-refractivity contribution in [1.82, 2.24) is 15.1 Å². The van der Waals surface area contributed by atoms with E-state index in [0.717, 1.165) is 12.1 Å². The topological polar surface area (TPSA) is 99.3 Å². The molecule has 0 spiro atoms. The lowest BCUT2D eigenvalue weighted by Gasteiger charge is -2.29. The maximum absolute atomic E-state index is 13.6. The zero-order valence-electron chi connectivity index (χ0n) is 21.0. The number of Topliss-reactive ketones (excluding diaryl/α,β-unsaturated/α-hetero) is 1. The summed E-state index contributed by atoms with van der Waals surface area (Å²) in [4.78, 5) is 57.7. The van der Waals surface area contributed by atoms with E-state index >= 15 is 0 Å². The number of likely N-dealkylation sites (tertiary alicyclic amines) is 2. The number of ether oxygens (including phenoxy) is 1. The van der Waals surface area contributed by atoms with Crippen LogP contribution >= 0.6 is 0 Å². The molecule has 3 heterocycles. The zero-order chi connectivity index (χ0) is 25.3. The van der Waals surface area contributed by atoms with Crippen LogP contribution in [0.4, 0.5) is 5.69 Å². The van der Waals surface area contributed by atoms with Crippen LogP contribution in [0.1, 0.15) is 49.9 Å². The van der Waals surface area contributed by atoms with Gasteiger partial charge in [-0.15, -0.1) is 0 Å². The molecule has 4 atom stereocenters. The highest BCUT2D eigenvalue weighted by molar-refractivity contribution is 6.01. The molecule has 4 rings (SSSR count). The molecule has 190 valence electrons. The van der Waals surface area contributed by atoms with Gasteiger partial charge in [0.05, 0.1) is 12.6 Å². The number of anilines is 1. The summed E-state index contributed by atoms with van der Waals surface area (Å²) < 4.78 is 5.54. The van der Waals surface area contributed by atoms with Gasteiger partial charge in [0, 0.05) is 38.5 Å². The van der Waals surface area contributed by atoms with Gasteiger partial charge >= 0.3 is 0 Å². The molecule has 3 saturated heterocycles. The van der Waals surface area contributed by atoms with Crippen LogP contribution in [-0.2, 0) is 19.1 Å². The highest BCUT2D eigenvalue weighted by atomic mass is 16.5. The number of carbonyl (C=O) groups is 4. The molecule has 0 radical (unpaired) electrons. The number of hydrogen-bond acceptors (Lipinski definition) is 6. The lowest BCUT2D eigenvalue weighted by atomic mass is 10.0. The summed E-state index contributed by atoms with van der Waals surface area (Å²) >= 11 is 0. The molecular weight excluding hydrogens is 448 g/mol. The van der Waals surface area contributed by atoms with Crippen molar-refractivity contribution in [1.29, 1.82) is 0 Å². The second kappa shape index (κ2) is 10.4. The molecule has 1 N–H and O–H groups in total. The minimum atomic E-state index is -0.745. The molecule has 1 aromatic rings. The molecule has 0 aromatic heterocycles. The molecule has 3 fully saturated rings. The average Bonchev–Trinajstić information content (AvgIpc) is 3.56. The quantitative estimate of drug-likeness (QED) is 0.629. The Morgan fingerprint density at radius 3 is 2.43 bits per heavy atom. The number of hydrogen-bond donors (Lipinski definition) is 1. The van der Waals surface area contributed by atoms with Crippen LogP contribution in [0.15, 0.2) is 24.3 Å². The Morgan fingerprint density at radius 2 is 1.83 bits per heavy atom. The van der Waals surface area contributed by atoms with E-state index in [-0.39, 0.29) is 42.0 Å². The van der Waals surface area contributed by atoms with Gasteiger partial charge in [-0.2, -0.15) is 0 Å². The molecule has 1 unspecified atom stereocenters. The Balaban J connectivity index is 1.47. The van der Waals surface area contributed by atoms with Crippen molar-refractivity contribution in [2.75, 3.05) is 38.7 Å². The van der Waals surface area contributed by atoms with Crippen molar-refractivity contribution in [2.45, 2.75) is 63.8 Å². The van der Waals surface area contributed by atoms with Crippen molar-refractivity contribution >= 4 is 29.2 Å². The smallest absolute Gasteiger partial charge is 0.252 e. The summed E-state index contributed by atoms with van der Waals surface area (Å²) in [5, 5.41) is 2.91. The Morgan fingerprint density at radius 1 is 1.11 bits per heavy atom. The van der Waals surface area contributed by atoms with Crippen LogP contribution < -0.4 is 10.2 Å². The van der Waals surface area contributed by atoms with Crippen LogP contribution in [0.3, 0.4) is 0 Å². The summed E-state index contributed by atoms with van der Waals surface area (Å²) in [6.45, 7) is 4.95. The second-order valence-corrected chi connectivity index (χ2v) is 10.4. The van der Waals surface area contributed by atoms with Gasteiger partial charge in [0.15, 0.2) is 5.78 Å². The molecule has 3 amide bonds. The van der Waals surface area contributed by atoms with Crippen LogP contribution in [0, 0.1) is 5.92 Å². The SMILES string of the molecule is CC(C)C[C@H](NC(=O)c1ccc(N(C)C)cc1)C(=O)N1CC[C@@H]2[C@H]1C(=O)CN2C(=O)C1CCCO1. The molecule has 3 aliphatic heterocycles. The monoisotopic (exact) mass is 484 g/mol. The third-order valence-electron chi connectivity index (χ3n) is 7.15. The summed E-state index contributed by atoms with van der Waals surface area (Å²) in [7, 11) is 3.85. The fourth-order valence-electron chi connectivity index (χ4n) is 5.36. The van der Waals surface area contributed by atoms with E-state index in [1.54, 1.807) is 21.9 Å². The third-order valence-corrected chi connectivity index (χ3v) is 7.15. The number of benzene rings is 1. The first kappa shape index (κ1) is 25.2. The first-order valence-electron chi connectivity index (χ1n) is 12.5. The van der Waals surface area contributed by atoms with E-state index in [4.69, 9.17) is 4.74 Å². The number of fused-ring (bicyclic) bond motifs is 1. The number of nitrogens with one attached hydrogen (secondary N) is 1. The Labute approximate surface area is 206 Å². The Bertz CT molecular complexity index is 970. The van der Waals surface area contributed by atoms with Gasteiger partial charge in [-0.25, -0.2) is 0 Å². The van der Waals surface area contributed by atoms with Crippen molar-refractivity contribution in [2.24, 2.45) is 5.92 Å². The standard InChI is InChI=1S/C26H36N4O5/c1-16(2)14-19(27-24(32)17-7-9-18(10-8-17)28(3)4)25(33)29-12-11-20-23(29)21(31)15-30(20)26(34)22-6-5-13-35-22/h7-10,16,19-20,22-23H,5-6,11-15H2,1-4H3,(H,27,32)/t19-,20+,22?,23-/m0/s1. The first-order chi connectivity index (χ1) is 16.7. The minimum absolute atomic E-state index is 0.0111. The van der Waals surface area contributed by atoms with Crippen molar-refractivity contribution in [3.63, 3.8) is 0 Å². The van der Waals surface area contributed by atoms with E-state index in [1.807, 2.05) is 45.0 Å². The van der Waals surface area contributed by atoms with E-state index in [9.17, 15) is 19.2 Å². The van der Waals surface area contributed by atoms with Crippen LogP contribution in [0.5, 0.6) is 0 Å². The number of amides is 3. The molecule has 0 bridgehead atoms. The summed E-state index contributed by atoms with van der Waals surface area (Å²) in [6, 6.07) is 5.47. The normalized spacial score (nSPS) is 24.6. The zero-order valence-corrected chi connectivity index (χ0v) is 21.0. The van der Waals surface area contributed by atoms with Crippen LogP contribution in [0.25, 0.3) is 0 Å². The molecule has 0 aliphatic carbocycles. The van der Waals surface area contributed by atoms with Gasteiger partial charge in [-0.1, -0.05) is 13.8 Å². The van der Waals surface area contributed by atoms with Crippen molar-refractivity contribution in [3.8, 4) is 0 Å². The van der Waals surface area contributed by atoms with Gasteiger partial charge in [0.2, 0.25) is 5.91 Å². The number of carbonyl (C=O) groups excluding carboxylic acids is 4. The summed E-state index contributed by atoms with van der Waals surface area (Å²) in [5.74, 6) is -0.690. The second-order valence-electron chi connectivity index (χ2n) is 10.4. The highest BCUT2D eigenvalue weighted by Crippen LogP contribution is 2.32. The predicted octanol–water partition coefficient (Wildman–Crippen LogP) is 1.46. The number of rotatable bonds is 7. The molecule has 35 heavy (non-hydrogen) atoms. The van der Waals surface area contributed by atoms with Gasteiger partial charge in [0.1, 0.15) is 18.2 Å². The summed E-state index contributed by atoms with van der Waals surface area (Å²) in [6.07, 6.45) is 2.03. The maximum Gasteiger partial charge on any atom is 0.252 e. The highest BCUT2D eigenvalue weighted by Gasteiger charge is 2.53. The van der Waals surface area contributed by atoms with Crippen LogP contribution in [-0.4, -0.2) is 91.3 Å². The van der Waals surface area contributed by atoms with Gasteiger partial charge in [-0.05, 0) is 55.9 Å².